The van der Waals surface area contributed by atoms with Gasteiger partial charge in [0.05, 0.1) is 6.61 Å². The van der Waals surface area contributed by atoms with Gasteiger partial charge in [-0.2, -0.15) is 0 Å². The summed E-state index contributed by atoms with van der Waals surface area (Å²) in [4.78, 5) is 2.51. The number of nitrogens with zero attached hydrogens (tertiary/aromatic N) is 1. The largest absolute Gasteiger partial charge is 0.394 e. The molecule has 0 aromatic rings. The van der Waals surface area contributed by atoms with E-state index in [2.05, 4.69) is 18.7 Å². The number of hydrogen-bond donors (Lipinski definition) is 2. The highest BCUT2D eigenvalue weighted by Crippen LogP contribution is 2.28. The van der Waals surface area contributed by atoms with Crippen molar-refractivity contribution in [2.24, 2.45) is 11.1 Å². The molecule has 0 aromatic carbocycles. The summed E-state index contributed by atoms with van der Waals surface area (Å²) >= 11 is 0. The van der Waals surface area contributed by atoms with E-state index in [1.54, 1.807) is 0 Å². The van der Waals surface area contributed by atoms with Crippen LogP contribution in [0.4, 0.5) is 0 Å². The molecule has 1 unspecified atom stereocenters. The monoisotopic (exact) mass is 214 g/mol. The number of hydrogen-bond acceptors (Lipinski definition) is 3. The predicted molar refractivity (Wildman–Crippen MR) is 63.8 cm³/mol. The average molecular weight is 214 g/mol. The minimum absolute atomic E-state index is 0.0818. The van der Waals surface area contributed by atoms with E-state index in [-0.39, 0.29) is 6.61 Å². The lowest BCUT2D eigenvalue weighted by Crippen LogP contribution is -2.40. The summed E-state index contributed by atoms with van der Waals surface area (Å²) in [6.07, 6.45) is 3.29. The van der Waals surface area contributed by atoms with Gasteiger partial charge in [0, 0.05) is 12.1 Å². The minimum Gasteiger partial charge on any atom is -0.394 e. The van der Waals surface area contributed by atoms with Crippen LogP contribution in [-0.4, -0.2) is 41.8 Å². The highest BCUT2D eigenvalue weighted by Gasteiger charge is 2.28. The first-order valence-corrected chi connectivity index (χ1v) is 5.97. The fourth-order valence-electron chi connectivity index (χ4n) is 2.20. The van der Waals surface area contributed by atoms with Crippen LogP contribution in [0.5, 0.6) is 0 Å². The highest BCUT2D eigenvalue weighted by atomic mass is 16.3. The summed E-state index contributed by atoms with van der Waals surface area (Å²) in [6, 6.07) is 0. The lowest BCUT2D eigenvalue weighted by Gasteiger charge is -2.24. The van der Waals surface area contributed by atoms with Crippen LogP contribution in [0.2, 0.25) is 0 Å². The number of aliphatic hydroxyl groups is 1. The maximum Gasteiger partial charge on any atom is 0.0608 e. The van der Waals surface area contributed by atoms with Crippen molar-refractivity contribution < 1.29 is 5.11 Å². The quantitative estimate of drug-likeness (QED) is 0.723. The third-order valence-corrected chi connectivity index (χ3v) is 3.34. The van der Waals surface area contributed by atoms with Crippen molar-refractivity contribution in [2.75, 3.05) is 26.2 Å². The summed E-state index contributed by atoms with van der Waals surface area (Å²) < 4.78 is 0. The standard InChI is InChI=1S/C12H26N2O/c1-11(2)6-8-14(9-11)7-4-5-12(3,13)10-15/h15H,4-10,13H2,1-3H3. The maximum atomic E-state index is 9.03. The van der Waals surface area contributed by atoms with Crippen LogP contribution < -0.4 is 5.73 Å². The summed E-state index contributed by atoms with van der Waals surface area (Å²) in [7, 11) is 0. The van der Waals surface area contributed by atoms with Gasteiger partial charge in [-0.05, 0) is 44.7 Å². The molecule has 0 aromatic heterocycles. The summed E-state index contributed by atoms with van der Waals surface area (Å²) in [5.41, 5.74) is 5.98. The molecule has 1 fully saturated rings. The van der Waals surface area contributed by atoms with Gasteiger partial charge >= 0.3 is 0 Å². The minimum atomic E-state index is -0.394. The molecule has 0 bridgehead atoms. The normalized spacial score (nSPS) is 25.4. The molecular weight excluding hydrogens is 188 g/mol. The number of nitrogens with two attached hydrogens (primary N) is 1. The van der Waals surface area contributed by atoms with Gasteiger partial charge in [-0.15, -0.1) is 0 Å². The van der Waals surface area contributed by atoms with Gasteiger partial charge in [0.2, 0.25) is 0 Å². The molecule has 90 valence electrons. The van der Waals surface area contributed by atoms with Gasteiger partial charge in [0.25, 0.3) is 0 Å². The predicted octanol–water partition coefficient (Wildman–Crippen LogP) is 1.21. The van der Waals surface area contributed by atoms with Crippen molar-refractivity contribution >= 4 is 0 Å². The Kier molecular flexibility index (Phi) is 4.15. The zero-order chi connectivity index (χ0) is 11.5. The van der Waals surface area contributed by atoms with Crippen molar-refractivity contribution in [1.82, 2.24) is 4.90 Å². The molecule has 15 heavy (non-hydrogen) atoms. The topological polar surface area (TPSA) is 49.5 Å². The molecule has 1 aliphatic rings. The number of likely N-dealkylation sites (tertiary alicyclic amines) is 1. The van der Waals surface area contributed by atoms with Crippen LogP contribution in [-0.2, 0) is 0 Å². The van der Waals surface area contributed by atoms with Gasteiger partial charge in [0.1, 0.15) is 0 Å². The average Bonchev–Trinajstić information content (AvgIpc) is 2.45. The maximum absolute atomic E-state index is 9.03. The smallest absolute Gasteiger partial charge is 0.0608 e. The van der Waals surface area contributed by atoms with Gasteiger partial charge < -0.3 is 15.7 Å². The van der Waals surface area contributed by atoms with Crippen LogP contribution in [0.1, 0.15) is 40.0 Å². The van der Waals surface area contributed by atoms with Crippen LogP contribution in [0.3, 0.4) is 0 Å². The van der Waals surface area contributed by atoms with E-state index in [1.165, 1.54) is 19.5 Å². The van der Waals surface area contributed by atoms with E-state index in [1.807, 2.05) is 6.92 Å². The Morgan fingerprint density at radius 2 is 2.13 bits per heavy atom. The molecule has 1 aliphatic heterocycles. The molecule has 3 nitrogen and oxygen atoms in total. The number of aliphatic hydroxyl groups excluding tert-OH is 1. The van der Waals surface area contributed by atoms with Crippen LogP contribution >= 0.6 is 0 Å². The lowest BCUT2D eigenvalue weighted by molar-refractivity contribution is 0.190. The second-order valence-corrected chi connectivity index (χ2v) is 6.11. The van der Waals surface area contributed by atoms with E-state index >= 15 is 0 Å². The van der Waals surface area contributed by atoms with E-state index < -0.39 is 5.54 Å². The first kappa shape index (κ1) is 12.9. The fraction of sp³-hybridized carbons (Fsp3) is 1.00. The highest BCUT2D eigenvalue weighted by molar-refractivity contribution is 4.83. The van der Waals surface area contributed by atoms with E-state index in [0.29, 0.717) is 5.41 Å². The Morgan fingerprint density at radius 1 is 1.47 bits per heavy atom. The molecule has 0 amide bonds. The van der Waals surface area contributed by atoms with E-state index in [4.69, 9.17) is 10.8 Å². The molecule has 3 heteroatoms. The second-order valence-electron chi connectivity index (χ2n) is 6.11. The summed E-state index contributed by atoms with van der Waals surface area (Å²) in [5.74, 6) is 0. The Balaban J connectivity index is 2.17. The second kappa shape index (κ2) is 4.81. The SMILES string of the molecule is CC1(C)CCN(CCCC(C)(N)CO)C1. The van der Waals surface area contributed by atoms with Crippen molar-refractivity contribution in [3.05, 3.63) is 0 Å². The molecule has 1 heterocycles. The Labute approximate surface area is 93.6 Å². The first-order valence-electron chi connectivity index (χ1n) is 5.97. The van der Waals surface area contributed by atoms with Crippen molar-refractivity contribution in [2.45, 2.75) is 45.6 Å². The van der Waals surface area contributed by atoms with Crippen molar-refractivity contribution in [3.8, 4) is 0 Å². The van der Waals surface area contributed by atoms with Crippen LogP contribution in [0.15, 0.2) is 0 Å². The molecule has 1 rings (SSSR count). The molecule has 3 N–H and O–H groups in total. The lowest BCUT2D eigenvalue weighted by atomic mass is 9.93. The van der Waals surface area contributed by atoms with Crippen molar-refractivity contribution in [3.63, 3.8) is 0 Å². The zero-order valence-corrected chi connectivity index (χ0v) is 10.4. The third-order valence-electron chi connectivity index (χ3n) is 3.34. The molecule has 0 aliphatic carbocycles. The fourth-order valence-corrected chi connectivity index (χ4v) is 2.20. The van der Waals surface area contributed by atoms with Gasteiger partial charge in [0.15, 0.2) is 0 Å². The van der Waals surface area contributed by atoms with Crippen LogP contribution in [0, 0.1) is 5.41 Å². The number of rotatable bonds is 5. The van der Waals surface area contributed by atoms with E-state index in [0.717, 1.165) is 19.4 Å². The third kappa shape index (κ3) is 4.49. The van der Waals surface area contributed by atoms with E-state index in [9.17, 15) is 0 Å². The van der Waals surface area contributed by atoms with Gasteiger partial charge in [-0.1, -0.05) is 13.8 Å². The molecule has 0 saturated carbocycles. The van der Waals surface area contributed by atoms with Crippen molar-refractivity contribution in [1.29, 1.82) is 0 Å². The van der Waals surface area contributed by atoms with Gasteiger partial charge in [-0.3, -0.25) is 0 Å². The Hall–Kier alpha value is -0.120. The summed E-state index contributed by atoms with van der Waals surface area (Å²) in [6.45, 7) is 10.2. The molecule has 1 saturated heterocycles. The van der Waals surface area contributed by atoms with Crippen LogP contribution in [0.25, 0.3) is 0 Å². The molecule has 1 atom stereocenters. The zero-order valence-electron chi connectivity index (χ0n) is 10.4. The molecule has 0 spiro atoms. The molecular formula is C12H26N2O. The van der Waals surface area contributed by atoms with Gasteiger partial charge in [-0.25, -0.2) is 0 Å². The summed E-state index contributed by atoms with van der Waals surface area (Å²) in [5, 5.41) is 9.03. The Morgan fingerprint density at radius 3 is 2.60 bits per heavy atom. The molecule has 0 radical (unpaired) electrons. The first-order chi connectivity index (χ1) is 6.85. The Bertz CT molecular complexity index is 202.